The number of halogens is 1. The third kappa shape index (κ3) is 4.39. The van der Waals surface area contributed by atoms with Gasteiger partial charge in [0.2, 0.25) is 0 Å². The van der Waals surface area contributed by atoms with E-state index in [-0.39, 0.29) is 5.82 Å². The van der Waals surface area contributed by atoms with E-state index in [2.05, 4.69) is 5.32 Å². The lowest BCUT2D eigenvalue weighted by Gasteiger charge is -2.16. The van der Waals surface area contributed by atoms with Crippen molar-refractivity contribution in [2.24, 2.45) is 5.92 Å². The number of carbonyl (C=O) groups is 1. The molecule has 1 atom stereocenters. The molecular formula is C17H20FNO2S. The van der Waals surface area contributed by atoms with Crippen molar-refractivity contribution in [2.75, 3.05) is 0 Å². The molecule has 0 saturated heterocycles. The highest BCUT2D eigenvalue weighted by molar-refractivity contribution is 7.13. The van der Waals surface area contributed by atoms with Gasteiger partial charge in [-0.05, 0) is 41.5 Å². The van der Waals surface area contributed by atoms with Crippen LogP contribution in [0.4, 0.5) is 4.39 Å². The van der Waals surface area contributed by atoms with E-state index in [9.17, 15) is 14.3 Å². The maximum absolute atomic E-state index is 13.9. The zero-order valence-electron chi connectivity index (χ0n) is 12.7. The van der Waals surface area contributed by atoms with Crippen molar-refractivity contribution in [2.45, 2.75) is 32.9 Å². The van der Waals surface area contributed by atoms with Crippen molar-refractivity contribution in [3.8, 4) is 10.4 Å². The molecule has 1 aromatic heterocycles. The van der Waals surface area contributed by atoms with Crippen LogP contribution in [0.15, 0.2) is 35.7 Å². The van der Waals surface area contributed by atoms with Crippen LogP contribution < -0.4 is 5.32 Å². The number of thiophene rings is 1. The first kappa shape index (κ1) is 16.6. The van der Waals surface area contributed by atoms with Crippen LogP contribution in [0.25, 0.3) is 10.4 Å². The number of hydrogen-bond donors (Lipinski definition) is 2. The summed E-state index contributed by atoms with van der Waals surface area (Å²) in [6.45, 7) is 4.39. The van der Waals surface area contributed by atoms with Gasteiger partial charge in [-0.1, -0.05) is 26.0 Å². The van der Waals surface area contributed by atoms with Crippen LogP contribution in [-0.2, 0) is 11.3 Å². The topological polar surface area (TPSA) is 49.3 Å². The largest absolute Gasteiger partial charge is 0.480 e. The number of hydrogen-bond acceptors (Lipinski definition) is 3. The summed E-state index contributed by atoms with van der Waals surface area (Å²) >= 11 is 1.48. The van der Waals surface area contributed by atoms with Gasteiger partial charge in [-0.2, -0.15) is 0 Å². The second-order valence-electron chi connectivity index (χ2n) is 5.69. The number of aliphatic carboxylic acids is 1. The van der Waals surface area contributed by atoms with Crippen molar-refractivity contribution in [1.29, 1.82) is 0 Å². The maximum Gasteiger partial charge on any atom is 0.320 e. The van der Waals surface area contributed by atoms with Crippen molar-refractivity contribution >= 4 is 17.3 Å². The Labute approximate surface area is 133 Å². The summed E-state index contributed by atoms with van der Waals surface area (Å²) in [4.78, 5) is 12.1. The second kappa shape index (κ2) is 7.51. The molecule has 2 rings (SSSR count). The van der Waals surface area contributed by atoms with E-state index in [4.69, 9.17) is 0 Å². The summed E-state index contributed by atoms with van der Waals surface area (Å²) in [6.07, 6.45) is 0.564. The van der Waals surface area contributed by atoms with Gasteiger partial charge in [0.25, 0.3) is 0 Å². The first-order chi connectivity index (χ1) is 10.5. The fourth-order valence-corrected chi connectivity index (χ4v) is 3.03. The van der Waals surface area contributed by atoms with Crippen molar-refractivity contribution in [3.05, 3.63) is 47.1 Å². The predicted molar refractivity (Wildman–Crippen MR) is 87.4 cm³/mol. The lowest BCUT2D eigenvalue weighted by Crippen LogP contribution is -2.37. The van der Waals surface area contributed by atoms with Crippen LogP contribution in [0.3, 0.4) is 0 Å². The van der Waals surface area contributed by atoms with Crippen LogP contribution >= 0.6 is 11.3 Å². The Balaban J connectivity index is 2.10. The van der Waals surface area contributed by atoms with Crippen molar-refractivity contribution in [3.63, 3.8) is 0 Å². The molecule has 0 aliphatic rings. The average molecular weight is 321 g/mol. The van der Waals surface area contributed by atoms with Crippen LogP contribution in [0, 0.1) is 11.7 Å². The SMILES string of the molecule is CC(C)CC(NCc1ccc(F)c(-c2cccs2)c1)C(=O)O. The standard InChI is InChI=1S/C17H20FNO2S/c1-11(2)8-15(17(20)21)19-10-12-5-6-14(18)13(9-12)16-4-3-7-22-16/h3-7,9,11,15,19H,8,10H2,1-2H3,(H,20,21). The van der Waals surface area contributed by atoms with Crippen LogP contribution in [0.1, 0.15) is 25.8 Å². The maximum atomic E-state index is 13.9. The minimum absolute atomic E-state index is 0.261. The third-order valence-corrected chi connectivity index (χ3v) is 4.28. The Hall–Kier alpha value is -1.72. The Morgan fingerprint density at radius 3 is 2.73 bits per heavy atom. The van der Waals surface area contributed by atoms with Gasteiger partial charge in [-0.3, -0.25) is 4.79 Å². The van der Waals surface area contributed by atoms with E-state index in [0.717, 1.165) is 10.4 Å². The molecular weight excluding hydrogens is 301 g/mol. The van der Waals surface area contributed by atoms with Crippen LogP contribution in [0.5, 0.6) is 0 Å². The molecule has 2 aromatic rings. The molecule has 0 aliphatic carbocycles. The third-order valence-electron chi connectivity index (χ3n) is 3.38. The summed E-state index contributed by atoms with van der Waals surface area (Å²) in [7, 11) is 0. The molecule has 0 spiro atoms. The second-order valence-corrected chi connectivity index (χ2v) is 6.64. The van der Waals surface area contributed by atoms with Crippen LogP contribution in [-0.4, -0.2) is 17.1 Å². The molecule has 0 saturated carbocycles. The fourth-order valence-electron chi connectivity index (χ4n) is 2.29. The van der Waals surface area contributed by atoms with E-state index >= 15 is 0 Å². The van der Waals surface area contributed by atoms with Gasteiger partial charge in [-0.15, -0.1) is 11.3 Å². The van der Waals surface area contributed by atoms with E-state index in [0.29, 0.717) is 24.4 Å². The molecule has 0 aliphatic heterocycles. The van der Waals surface area contributed by atoms with Crippen molar-refractivity contribution in [1.82, 2.24) is 5.32 Å². The molecule has 3 nitrogen and oxygen atoms in total. The van der Waals surface area contributed by atoms with Gasteiger partial charge in [0.1, 0.15) is 11.9 Å². The number of carboxylic acids is 1. The molecule has 0 radical (unpaired) electrons. The summed E-state index contributed by atoms with van der Waals surface area (Å²) in [5.41, 5.74) is 1.44. The number of nitrogens with one attached hydrogen (secondary N) is 1. The highest BCUT2D eigenvalue weighted by Gasteiger charge is 2.18. The van der Waals surface area contributed by atoms with E-state index in [1.807, 2.05) is 31.4 Å². The Morgan fingerprint density at radius 2 is 2.14 bits per heavy atom. The first-order valence-electron chi connectivity index (χ1n) is 7.26. The molecule has 118 valence electrons. The highest BCUT2D eigenvalue weighted by atomic mass is 32.1. The van der Waals surface area contributed by atoms with E-state index in [1.165, 1.54) is 17.4 Å². The minimum atomic E-state index is -0.853. The smallest absolute Gasteiger partial charge is 0.320 e. The fraction of sp³-hybridized carbons (Fsp3) is 0.353. The highest BCUT2D eigenvalue weighted by Crippen LogP contribution is 2.28. The van der Waals surface area contributed by atoms with E-state index < -0.39 is 12.0 Å². The first-order valence-corrected chi connectivity index (χ1v) is 8.14. The Bertz CT molecular complexity index is 626. The van der Waals surface area contributed by atoms with E-state index in [1.54, 1.807) is 12.1 Å². The van der Waals surface area contributed by atoms with Gasteiger partial charge >= 0.3 is 5.97 Å². The molecule has 1 heterocycles. The Kier molecular flexibility index (Phi) is 5.69. The number of carboxylic acid groups (broad SMARTS) is 1. The quantitative estimate of drug-likeness (QED) is 0.805. The average Bonchev–Trinajstić information content (AvgIpc) is 2.98. The lowest BCUT2D eigenvalue weighted by atomic mass is 10.0. The summed E-state index contributed by atoms with van der Waals surface area (Å²) in [6, 6.07) is 8.07. The molecule has 1 unspecified atom stereocenters. The zero-order valence-corrected chi connectivity index (χ0v) is 13.5. The van der Waals surface area contributed by atoms with Crippen LogP contribution in [0.2, 0.25) is 0 Å². The molecule has 2 N–H and O–H groups in total. The number of rotatable bonds is 7. The van der Waals surface area contributed by atoms with Gasteiger partial charge in [0.15, 0.2) is 0 Å². The minimum Gasteiger partial charge on any atom is -0.480 e. The molecule has 0 bridgehead atoms. The lowest BCUT2D eigenvalue weighted by molar-refractivity contribution is -0.140. The predicted octanol–water partition coefficient (Wildman–Crippen LogP) is 4.14. The molecule has 0 fully saturated rings. The van der Waals surface area contributed by atoms with Gasteiger partial charge < -0.3 is 10.4 Å². The molecule has 0 amide bonds. The van der Waals surface area contributed by atoms with Gasteiger partial charge in [0, 0.05) is 17.0 Å². The zero-order chi connectivity index (χ0) is 16.1. The number of benzene rings is 1. The summed E-state index contributed by atoms with van der Waals surface area (Å²) in [5, 5.41) is 14.2. The van der Waals surface area contributed by atoms with Gasteiger partial charge in [-0.25, -0.2) is 4.39 Å². The molecule has 22 heavy (non-hydrogen) atoms. The molecule has 1 aromatic carbocycles. The van der Waals surface area contributed by atoms with Crippen molar-refractivity contribution < 1.29 is 14.3 Å². The summed E-state index contributed by atoms with van der Waals surface area (Å²) in [5.74, 6) is -0.819. The Morgan fingerprint density at radius 1 is 1.36 bits per heavy atom. The van der Waals surface area contributed by atoms with Gasteiger partial charge in [0.05, 0.1) is 0 Å². The summed E-state index contributed by atoms with van der Waals surface area (Å²) < 4.78 is 13.9. The monoisotopic (exact) mass is 321 g/mol. The molecule has 5 heteroatoms. The normalized spacial score (nSPS) is 12.5.